The summed E-state index contributed by atoms with van der Waals surface area (Å²) in [5.74, 6) is 5.30. The smallest absolute Gasteiger partial charge is 0.165 e. The molecular formula is C3H8ClN5. The van der Waals surface area contributed by atoms with Gasteiger partial charge < -0.3 is 0 Å². The molecule has 1 aliphatic heterocycles. The highest BCUT2D eigenvalue weighted by Crippen LogP contribution is 2.02. The molecule has 1 rings (SSSR count). The third kappa shape index (κ3) is 1.31. The first-order valence-corrected chi connectivity index (χ1v) is 2.76. The van der Waals surface area contributed by atoms with Crippen molar-refractivity contribution >= 4 is 18.1 Å². The van der Waals surface area contributed by atoms with E-state index in [1.54, 1.807) is 0 Å². The van der Waals surface area contributed by atoms with Crippen molar-refractivity contribution in [2.24, 2.45) is 16.6 Å². The van der Waals surface area contributed by atoms with Gasteiger partial charge in [0.05, 0.1) is 0 Å². The number of aliphatic imine (C=N–C) groups is 1. The van der Waals surface area contributed by atoms with Crippen molar-refractivity contribution in [3.63, 3.8) is 0 Å². The lowest BCUT2D eigenvalue weighted by molar-refractivity contribution is 0.173. The van der Waals surface area contributed by atoms with Crippen LogP contribution in [0.2, 0.25) is 0 Å². The lowest BCUT2D eigenvalue weighted by Gasteiger charge is -2.29. The molecule has 52 valence electrons. The van der Waals surface area contributed by atoms with E-state index in [4.69, 9.17) is 23.4 Å². The minimum atomic E-state index is -0.468. The van der Waals surface area contributed by atoms with E-state index in [-0.39, 0.29) is 0 Å². The van der Waals surface area contributed by atoms with Gasteiger partial charge in [-0.25, -0.2) is 5.84 Å². The van der Waals surface area contributed by atoms with Crippen molar-refractivity contribution in [2.75, 3.05) is 6.67 Å². The summed E-state index contributed by atoms with van der Waals surface area (Å²) in [6.45, 7) is 0.385. The van der Waals surface area contributed by atoms with Crippen molar-refractivity contribution in [1.29, 1.82) is 0 Å². The van der Waals surface area contributed by atoms with Crippen LogP contribution in [0.25, 0.3) is 0 Å². The average Bonchev–Trinajstić information content (AvgIpc) is 1.83. The van der Waals surface area contributed by atoms with Crippen LogP contribution in [0.3, 0.4) is 0 Å². The lowest BCUT2D eigenvalue weighted by Crippen LogP contribution is -2.55. The summed E-state index contributed by atoms with van der Waals surface area (Å²) < 4.78 is 1.31. The summed E-state index contributed by atoms with van der Waals surface area (Å²) in [6, 6.07) is 0. The highest BCUT2D eigenvalue weighted by atomic mass is 35.5. The minimum absolute atomic E-state index is 0.385. The fourth-order valence-corrected chi connectivity index (χ4v) is 0.668. The predicted octanol–water partition coefficient (Wildman–Crippen LogP) is -1.14. The lowest BCUT2D eigenvalue weighted by atomic mass is 10.7. The number of halogens is 1. The van der Waals surface area contributed by atoms with Crippen LogP contribution in [0, 0.1) is 0 Å². The molecule has 9 heavy (non-hydrogen) atoms. The second-order valence-electron chi connectivity index (χ2n) is 1.70. The predicted molar refractivity (Wildman–Crippen MR) is 35.1 cm³/mol. The van der Waals surface area contributed by atoms with Crippen LogP contribution in [0.4, 0.5) is 0 Å². The molecule has 0 radical (unpaired) electrons. The third-order valence-corrected chi connectivity index (χ3v) is 1.33. The van der Waals surface area contributed by atoms with Gasteiger partial charge in [0.1, 0.15) is 13.0 Å². The Morgan fingerprint density at radius 3 is 2.89 bits per heavy atom. The zero-order valence-electron chi connectivity index (χ0n) is 4.74. The molecule has 0 aromatic rings. The first kappa shape index (κ1) is 6.76. The molecule has 0 aromatic heterocycles. The Balaban J connectivity index is 2.58. The Morgan fingerprint density at radius 2 is 2.44 bits per heavy atom. The molecule has 1 unspecified atom stereocenters. The van der Waals surface area contributed by atoms with E-state index in [2.05, 4.69) is 4.99 Å². The van der Waals surface area contributed by atoms with E-state index in [0.717, 1.165) is 0 Å². The van der Waals surface area contributed by atoms with Crippen LogP contribution in [0.15, 0.2) is 4.99 Å². The van der Waals surface area contributed by atoms with E-state index in [1.807, 2.05) is 0 Å². The molecule has 0 saturated heterocycles. The van der Waals surface area contributed by atoms with Gasteiger partial charge in [0.2, 0.25) is 0 Å². The molecule has 1 atom stereocenters. The molecule has 0 bridgehead atoms. The molecule has 0 aliphatic carbocycles. The normalized spacial score (nSPS) is 29.2. The van der Waals surface area contributed by atoms with Crippen LogP contribution in [-0.2, 0) is 0 Å². The summed E-state index contributed by atoms with van der Waals surface area (Å²) in [7, 11) is 0. The zero-order chi connectivity index (χ0) is 6.85. The second-order valence-corrected chi connectivity index (χ2v) is 2.13. The SMILES string of the molecule is NC1N(N)C=NCN1Cl. The zero-order valence-corrected chi connectivity index (χ0v) is 5.49. The van der Waals surface area contributed by atoms with Gasteiger partial charge in [-0.05, 0) is 11.8 Å². The highest BCUT2D eigenvalue weighted by molar-refractivity contribution is 6.13. The number of hydrogen-bond donors (Lipinski definition) is 2. The van der Waals surface area contributed by atoms with Gasteiger partial charge in [-0.2, -0.15) is 4.42 Å². The van der Waals surface area contributed by atoms with E-state index in [1.165, 1.54) is 15.8 Å². The van der Waals surface area contributed by atoms with Gasteiger partial charge >= 0.3 is 0 Å². The van der Waals surface area contributed by atoms with Crippen LogP contribution in [-0.4, -0.2) is 28.7 Å². The fraction of sp³-hybridized carbons (Fsp3) is 0.667. The van der Waals surface area contributed by atoms with Gasteiger partial charge in [0.25, 0.3) is 0 Å². The topological polar surface area (TPSA) is 70.9 Å². The molecule has 1 heterocycles. The Hall–Kier alpha value is -0.360. The molecule has 0 amide bonds. The summed E-state index contributed by atoms with van der Waals surface area (Å²) in [5, 5.41) is 1.23. The van der Waals surface area contributed by atoms with Crippen LogP contribution < -0.4 is 11.6 Å². The van der Waals surface area contributed by atoms with Crippen LogP contribution >= 0.6 is 11.8 Å². The summed E-state index contributed by atoms with van der Waals surface area (Å²) in [6.07, 6.45) is 0.980. The molecule has 4 N–H and O–H groups in total. The molecule has 5 nitrogen and oxygen atoms in total. The monoisotopic (exact) mass is 149 g/mol. The number of nitrogens with two attached hydrogens (primary N) is 2. The van der Waals surface area contributed by atoms with E-state index in [9.17, 15) is 0 Å². The minimum Gasteiger partial charge on any atom is -0.296 e. The van der Waals surface area contributed by atoms with Crippen LogP contribution in [0.1, 0.15) is 0 Å². The maximum atomic E-state index is 5.53. The van der Waals surface area contributed by atoms with Gasteiger partial charge in [-0.15, -0.1) is 0 Å². The van der Waals surface area contributed by atoms with E-state index in [0.29, 0.717) is 6.67 Å². The maximum Gasteiger partial charge on any atom is 0.165 e. The molecular weight excluding hydrogens is 142 g/mol. The number of hydrogen-bond acceptors (Lipinski definition) is 5. The molecule has 0 aromatic carbocycles. The van der Waals surface area contributed by atoms with Crippen LogP contribution in [0.5, 0.6) is 0 Å². The van der Waals surface area contributed by atoms with Gasteiger partial charge in [-0.1, -0.05) is 0 Å². The molecule has 0 saturated carbocycles. The van der Waals surface area contributed by atoms with Crippen molar-refractivity contribution in [3.05, 3.63) is 0 Å². The third-order valence-electron chi connectivity index (χ3n) is 1.02. The Bertz CT molecular complexity index is 125. The Kier molecular flexibility index (Phi) is 1.87. The summed E-state index contributed by atoms with van der Waals surface area (Å²) in [5.41, 5.74) is 5.43. The van der Waals surface area contributed by atoms with Crippen molar-refractivity contribution in [1.82, 2.24) is 9.43 Å². The fourth-order valence-electron chi connectivity index (χ4n) is 0.505. The molecule has 1 aliphatic rings. The van der Waals surface area contributed by atoms with Crippen molar-refractivity contribution in [2.45, 2.75) is 6.29 Å². The Labute approximate surface area is 57.9 Å². The summed E-state index contributed by atoms with van der Waals surface area (Å²) in [4.78, 5) is 3.78. The van der Waals surface area contributed by atoms with Gasteiger partial charge in [-0.3, -0.25) is 15.7 Å². The summed E-state index contributed by atoms with van der Waals surface area (Å²) >= 11 is 5.53. The first-order chi connectivity index (χ1) is 4.22. The Morgan fingerprint density at radius 1 is 1.78 bits per heavy atom. The number of rotatable bonds is 0. The van der Waals surface area contributed by atoms with Crippen molar-refractivity contribution in [3.8, 4) is 0 Å². The van der Waals surface area contributed by atoms with Gasteiger partial charge in [0.15, 0.2) is 6.29 Å². The first-order valence-electron chi connectivity index (χ1n) is 2.43. The number of hydrazine groups is 1. The largest absolute Gasteiger partial charge is 0.296 e. The molecule has 6 heteroatoms. The quantitative estimate of drug-likeness (QED) is 0.338. The average molecular weight is 150 g/mol. The van der Waals surface area contributed by atoms with Crippen molar-refractivity contribution < 1.29 is 0 Å². The van der Waals surface area contributed by atoms with E-state index < -0.39 is 6.29 Å². The van der Waals surface area contributed by atoms with E-state index >= 15 is 0 Å². The second kappa shape index (κ2) is 2.49. The van der Waals surface area contributed by atoms with Gasteiger partial charge in [0, 0.05) is 0 Å². The molecule has 0 fully saturated rings. The number of nitrogens with zero attached hydrogens (tertiary/aromatic N) is 3. The molecule has 0 spiro atoms. The maximum absolute atomic E-state index is 5.53. The standard InChI is InChI=1S/C3H8ClN5/c4-8-1-7-2-9(6)3(8)5/h2-3H,1,5-6H2. The highest BCUT2D eigenvalue weighted by Gasteiger charge is 2.17.